The molecule has 3 rings (SSSR count). The molecule has 1 amide bonds. The second-order valence-corrected chi connectivity index (χ2v) is 4.61. The van der Waals surface area contributed by atoms with Crippen LogP contribution in [-0.4, -0.2) is 11.1 Å². The van der Waals surface area contributed by atoms with Crippen LogP contribution in [0.5, 0.6) is 0 Å². The summed E-state index contributed by atoms with van der Waals surface area (Å²) in [4.78, 5) is 12.3. The van der Waals surface area contributed by atoms with Crippen molar-refractivity contribution in [2.45, 2.75) is 6.54 Å². The molecule has 104 valence electrons. The maximum Gasteiger partial charge on any atom is 0.257 e. The van der Waals surface area contributed by atoms with Gasteiger partial charge in [-0.15, -0.1) is 0 Å². The Labute approximate surface area is 122 Å². The number of nitrogens with zero attached hydrogens (tertiary/aromatic N) is 1. The molecule has 0 saturated heterocycles. The van der Waals surface area contributed by atoms with E-state index in [9.17, 15) is 4.79 Å². The molecule has 2 aromatic carbocycles. The molecule has 0 bridgehead atoms. The van der Waals surface area contributed by atoms with Gasteiger partial charge in [0.2, 0.25) is 0 Å². The number of benzene rings is 2. The van der Waals surface area contributed by atoms with Crippen LogP contribution in [0.3, 0.4) is 0 Å². The number of hydrogen-bond acceptors (Lipinski definition) is 3. The molecular formula is C17H14N2O2. The van der Waals surface area contributed by atoms with Crippen LogP contribution in [-0.2, 0) is 6.54 Å². The molecule has 1 aromatic heterocycles. The maximum atomic E-state index is 12.3. The predicted octanol–water partition coefficient (Wildman–Crippen LogP) is 3.27. The molecular weight excluding hydrogens is 264 g/mol. The fourth-order valence-electron chi connectivity index (χ4n) is 2.08. The average molecular weight is 278 g/mol. The normalized spacial score (nSPS) is 10.3. The number of carbonyl (C=O) groups is 1. The summed E-state index contributed by atoms with van der Waals surface area (Å²) < 4.78 is 4.96. The molecule has 0 radical (unpaired) electrons. The van der Waals surface area contributed by atoms with Crippen molar-refractivity contribution in [1.82, 2.24) is 10.5 Å². The van der Waals surface area contributed by atoms with Gasteiger partial charge in [0.1, 0.15) is 17.5 Å². The van der Waals surface area contributed by atoms with E-state index in [1.807, 2.05) is 60.7 Å². The maximum absolute atomic E-state index is 12.3. The Kier molecular flexibility index (Phi) is 3.78. The molecule has 0 fully saturated rings. The number of hydrogen-bond donors (Lipinski definition) is 1. The third kappa shape index (κ3) is 3.00. The zero-order valence-corrected chi connectivity index (χ0v) is 11.3. The highest BCUT2D eigenvalue weighted by molar-refractivity contribution is 5.99. The molecule has 4 heteroatoms. The summed E-state index contributed by atoms with van der Waals surface area (Å²) in [6, 6.07) is 19.3. The molecule has 0 aliphatic heterocycles. The first-order chi connectivity index (χ1) is 10.3. The molecule has 1 N–H and O–H groups in total. The third-order valence-corrected chi connectivity index (χ3v) is 3.16. The van der Waals surface area contributed by atoms with Crippen LogP contribution >= 0.6 is 0 Å². The Morgan fingerprint density at radius 1 is 1.00 bits per heavy atom. The molecule has 0 spiro atoms. The number of amides is 1. The van der Waals surface area contributed by atoms with Crippen molar-refractivity contribution in [2.75, 3.05) is 0 Å². The van der Waals surface area contributed by atoms with Crippen molar-refractivity contribution in [2.24, 2.45) is 0 Å². The van der Waals surface area contributed by atoms with Gasteiger partial charge in [-0.1, -0.05) is 65.8 Å². The predicted molar refractivity (Wildman–Crippen MR) is 79.6 cm³/mol. The van der Waals surface area contributed by atoms with Crippen LogP contribution in [0.4, 0.5) is 0 Å². The van der Waals surface area contributed by atoms with E-state index in [4.69, 9.17) is 4.52 Å². The Morgan fingerprint density at radius 2 is 1.67 bits per heavy atom. The fraction of sp³-hybridized carbons (Fsp3) is 0.0588. The zero-order valence-electron chi connectivity index (χ0n) is 11.3. The molecule has 1 heterocycles. The first-order valence-electron chi connectivity index (χ1n) is 6.66. The van der Waals surface area contributed by atoms with Crippen LogP contribution in [0.1, 0.15) is 15.9 Å². The van der Waals surface area contributed by atoms with E-state index in [2.05, 4.69) is 10.5 Å². The van der Waals surface area contributed by atoms with Gasteiger partial charge in [0.15, 0.2) is 0 Å². The first-order valence-corrected chi connectivity index (χ1v) is 6.66. The van der Waals surface area contributed by atoms with Crippen molar-refractivity contribution in [3.8, 4) is 11.3 Å². The van der Waals surface area contributed by atoms with E-state index in [1.54, 1.807) is 0 Å². The Hall–Kier alpha value is -2.88. The van der Waals surface area contributed by atoms with Crippen LogP contribution in [0.25, 0.3) is 11.3 Å². The van der Waals surface area contributed by atoms with E-state index in [-0.39, 0.29) is 5.91 Å². The molecule has 0 aliphatic rings. The van der Waals surface area contributed by atoms with Crippen molar-refractivity contribution >= 4 is 5.91 Å². The molecule has 3 aromatic rings. The second-order valence-electron chi connectivity index (χ2n) is 4.61. The SMILES string of the molecule is O=C(NCc1ccccc1)c1conc1-c1ccccc1. The monoisotopic (exact) mass is 278 g/mol. The highest BCUT2D eigenvalue weighted by Crippen LogP contribution is 2.21. The number of aromatic nitrogens is 1. The minimum atomic E-state index is -0.195. The van der Waals surface area contributed by atoms with Crippen LogP contribution in [0.2, 0.25) is 0 Å². The molecule has 4 nitrogen and oxygen atoms in total. The topological polar surface area (TPSA) is 55.1 Å². The van der Waals surface area contributed by atoms with Gasteiger partial charge < -0.3 is 9.84 Å². The van der Waals surface area contributed by atoms with Gasteiger partial charge in [-0.3, -0.25) is 4.79 Å². The summed E-state index contributed by atoms with van der Waals surface area (Å²) in [6.07, 6.45) is 1.38. The van der Waals surface area contributed by atoms with E-state index in [0.29, 0.717) is 17.8 Å². The Morgan fingerprint density at radius 3 is 2.38 bits per heavy atom. The van der Waals surface area contributed by atoms with Crippen molar-refractivity contribution in [1.29, 1.82) is 0 Å². The number of nitrogens with one attached hydrogen (secondary N) is 1. The molecule has 0 atom stereocenters. The standard InChI is InChI=1S/C17H14N2O2/c20-17(18-11-13-7-3-1-4-8-13)15-12-21-19-16(15)14-9-5-2-6-10-14/h1-10,12H,11H2,(H,18,20). The average Bonchev–Trinajstić information content (AvgIpc) is 3.04. The van der Waals surface area contributed by atoms with E-state index < -0.39 is 0 Å². The molecule has 0 aliphatic carbocycles. The zero-order chi connectivity index (χ0) is 14.5. The lowest BCUT2D eigenvalue weighted by molar-refractivity contribution is 0.0951. The van der Waals surface area contributed by atoms with Crippen molar-refractivity contribution in [3.05, 3.63) is 78.1 Å². The summed E-state index contributed by atoms with van der Waals surface area (Å²) in [7, 11) is 0. The van der Waals surface area contributed by atoms with Gasteiger partial charge in [0.25, 0.3) is 5.91 Å². The first kappa shape index (κ1) is 13.1. The van der Waals surface area contributed by atoms with Crippen molar-refractivity contribution in [3.63, 3.8) is 0 Å². The minimum Gasteiger partial charge on any atom is -0.363 e. The largest absolute Gasteiger partial charge is 0.363 e. The van der Waals surface area contributed by atoms with Crippen molar-refractivity contribution < 1.29 is 9.32 Å². The Balaban J connectivity index is 1.76. The number of carbonyl (C=O) groups excluding carboxylic acids is 1. The van der Waals surface area contributed by atoms with Gasteiger partial charge in [-0.2, -0.15) is 0 Å². The third-order valence-electron chi connectivity index (χ3n) is 3.16. The number of rotatable bonds is 4. The summed E-state index contributed by atoms with van der Waals surface area (Å²) >= 11 is 0. The lowest BCUT2D eigenvalue weighted by Crippen LogP contribution is -2.22. The van der Waals surface area contributed by atoms with E-state index in [1.165, 1.54) is 6.26 Å². The second kappa shape index (κ2) is 6.05. The van der Waals surface area contributed by atoms with E-state index in [0.717, 1.165) is 11.1 Å². The van der Waals surface area contributed by atoms with Crippen LogP contribution in [0.15, 0.2) is 71.4 Å². The lowest BCUT2D eigenvalue weighted by atomic mass is 10.1. The quantitative estimate of drug-likeness (QED) is 0.797. The van der Waals surface area contributed by atoms with Gasteiger partial charge in [0.05, 0.1) is 0 Å². The summed E-state index contributed by atoms with van der Waals surface area (Å²) in [5.74, 6) is -0.195. The van der Waals surface area contributed by atoms with Gasteiger partial charge in [-0.05, 0) is 5.56 Å². The van der Waals surface area contributed by atoms with Gasteiger partial charge >= 0.3 is 0 Å². The summed E-state index contributed by atoms with van der Waals surface area (Å²) in [6.45, 7) is 0.471. The highest BCUT2D eigenvalue weighted by Gasteiger charge is 2.16. The van der Waals surface area contributed by atoms with Crippen LogP contribution < -0.4 is 5.32 Å². The summed E-state index contributed by atoms with van der Waals surface area (Å²) in [5.41, 5.74) is 2.90. The molecule has 0 unspecified atom stereocenters. The van der Waals surface area contributed by atoms with Gasteiger partial charge in [0, 0.05) is 12.1 Å². The fourth-order valence-corrected chi connectivity index (χ4v) is 2.08. The molecule has 0 saturated carbocycles. The lowest BCUT2D eigenvalue weighted by Gasteiger charge is -2.05. The van der Waals surface area contributed by atoms with Gasteiger partial charge in [-0.25, -0.2) is 0 Å². The van der Waals surface area contributed by atoms with E-state index >= 15 is 0 Å². The highest BCUT2D eigenvalue weighted by atomic mass is 16.5. The summed E-state index contributed by atoms with van der Waals surface area (Å²) in [5, 5.41) is 6.80. The minimum absolute atomic E-state index is 0.195. The smallest absolute Gasteiger partial charge is 0.257 e. The Bertz CT molecular complexity index is 721. The molecule has 21 heavy (non-hydrogen) atoms. The van der Waals surface area contributed by atoms with Crippen LogP contribution in [0, 0.1) is 0 Å².